The van der Waals surface area contributed by atoms with Crippen LogP contribution in [0.15, 0.2) is 54.6 Å². The zero-order valence-electron chi connectivity index (χ0n) is 12.0. The minimum Gasteiger partial charge on any atom is -0.384 e. The van der Waals surface area contributed by atoms with Gasteiger partial charge in [-0.05, 0) is 30.4 Å². The fourth-order valence-electron chi connectivity index (χ4n) is 3.15. The summed E-state index contributed by atoms with van der Waals surface area (Å²) in [6.45, 7) is 1.11. The normalized spacial score (nSPS) is 16.0. The lowest BCUT2D eigenvalue weighted by Gasteiger charge is -2.23. The third kappa shape index (κ3) is 3.22. The smallest absolute Gasteiger partial charge is 0.0419 e. The number of hydrogen-bond acceptors (Lipinski definition) is 1. The average molecular weight is 265 g/mol. The van der Waals surface area contributed by atoms with Crippen molar-refractivity contribution in [1.29, 1.82) is 0 Å². The van der Waals surface area contributed by atoms with E-state index in [-0.39, 0.29) is 0 Å². The third-order valence-electron chi connectivity index (χ3n) is 4.32. The van der Waals surface area contributed by atoms with E-state index in [1.807, 2.05) is 0 Å². The van der Waals surface area contributed by atoms with E-state index in [4.69, 9.17) is 0 Å². The van der Waals surface area contributed by atoms with Crippen LogP contribution in [0, 0.1) is 5.92 Å². The highest BCUT2D eigenvalue weighted by Crippen LogP contribution is 2.29. The van der Waals surface area contributed by atoms with E-state index in [9.17, 15) is 0 Å². The first-order chi connectivity index (χ1) is 9.93. The van der Waals surface area contributed by atoms with Gasteiger partial charge in [0.2, 0.25) is 0 Å². The molecule has 0 unspecified atom stereocenters. The molecule has 1 N–H and O–H groups in total. The first kappa shape index (κ1) is 13.2. The molecule has 0 atom stereocenters. The monoisotopic (exact) mass is 265 g/mol. The summed E-state index contributed by atoms with van der Waals surface area (Å²) in [6, 6.07) is 19.3. The SMILES string of the molecule is c1ccc(-c2ccccc2NCC2CCCCC2)cc1. The summed E-state index contributed by atoms with van der Waals surface area (Å²) in [7, 11) is 0. The van der Waals surface area contributed by atoms with Crippen molar-refractivity contribution < 1.29 is 0 Å². The second-order valence-corrected chi connectivity index (χ2v) is 5.80. The first-order valence-electron chi connectivity index (χ1n) is 7.82. The van der Waals surface area contributed by atoms with Crippen LogP contribution in [0.25, 0.3) is 11.1 Å². The number of para-hydroxylation sites is 1. The molecule has 1 saturated carbocycles. The molecule has 0 saturated heterocycles. The zero-order valence-corrected chi connectivity index (χ0v) is 12.0. The van der Waals surface area contributed by atoms with Crippen LogP contribution >= 0.6 is 0 Å². The molecule has 2 aromatic carbocycles. The van der Waals surface area contributed by atoms with Crippen molar-refractivity contribution in [2.24, 2.45) is 5.92 Å². The summed E-state index contributed by atoms with van der Waals surface area (Å²) in [5.41, 5.74) is 3.87. The second-order valence-electron chi connectivity index (χ2n) is 5.80. The summed E-state index contributed by atoms with van der Waals surface area (Å²) in [5, 5.41) is 3.68. The Hall–Kier alpha value is -1.76. The molecule has 0 spiro atoms. The Labute approximate surface area is 122 Å². The molecule has 0 bridgehead atoms. The van der Waals surface area contributed by atoms with Gasteiger partial charge in [0.1, 0.15) is 0 Å². The number of benzene rings is 2. The molecule has 0 aliphatic heterocycles. The maximum atomic E-state index is 3.68. The highest BCUT2D eigenvalue weighted by atomic mass is 14.9. The van der Waals surface area contributed by atoms with Gasteiger partial charge in [0.15, 0.2) is 0 Å². The van der Waals surface area contributed by atoms with E-state index in [0.717, 1.165) is 12.5 Å². The van der Waals surface area contributed by atoms with E-state index in [1.54, 1.807) is 0 Å². The van der Waals surface area contributed by atoms with Gasteiger partial charge in [-0.3, -0.25) is 0 Å². The Morgan fingerprint density at radius 3 is 2.30 bits per heavy atom. The summed E-state index contributed by atoms with van der Waals surface area (Å²) in [5.74, 6) is 0.854. The van der Waals surface area contributed by atoms with E-state index in [1.165, 1.54) is 48.9 Å². The van der Waals surface area contributed by atoms with Crippen LogP contribution < -0.4 is 5.32 Å². The molecule has 0 amide bonds. The van der Waals surface area contributed by atoms with E-state index in [2.05, 4.69) is 59.9 Å². The molecule has 20 heavy (non-hydrogen) atoms. The molecular weight excluding hydrogens is 242 g/mol. The van der Waals surface area contributed by atoms with Crippen molar-refractivity contribution in [3.63, 3.8) is 0 Å². The number of hydrogen-bond donors (Lipinski definition) is 1. The molecule has 1 aliphatic rings. The lowest BCUT2D eigenvalue weighted by atomic mass is 9.89. The van der Waals surface area contributed by atoms with Crippen LogP contribution in [-0.4, -0.2) is 6.54 Å². The lowest BCUT2D eigenvalue weighted by molar-refractivity contribution is 0.373. The van der Waals surface area contributed by atoms with Crippen molar-refractivity contribution in [2.75, 3.05) is 11.9 Å². The van der Waals surface area contributed by atoms with Crippen molar-refractivity contribution in [3.8, 4) is 11.1 Å². The second kappa shape index (κ2) is 6.60. The van der Waals surface area contributed by atoms with Crippen LogP contribution in [0.5, 0.6) is 0 Å². The Morgan fingerprint density at radius 2 is 1.50 bits per heavy atom. The van der Waals surface area contributed by atoms with Crippen LogP contribution in [0.1, 0.15) is 32.1 Å². The largest absolute Gasteiger partial charge is 0.384 e. The molecule has 1 heteroatoms. The lowest BCUT2D eigenvalue weighted by Crippen LogP contribution is -2.17. The number of nitrogens with one attached hydrogen (secondary N) is 1. The summed E-state index contributed by atoms with van der Waals surface area (Å²) < 4.78 is 0. The standard InChI is InChI=1S/C19H23N/c1-3-9-16(10-4-1)15-20-19-14-8-7-13-18(19)17-11-5-2-6-12-17/h2,5-8,11-14,16,20H,1,3-4,9-10,15H2. The molecule has 2 aromatic rings. The van der Waals surface area contributed by atoms with Gasteiger partial charge in [0, 0.05) is 17.8 Å². The minimum atomic E-state index is 0.854. The quantitative estimate of drug-likeness (QED) is 0.786. The van der Waals surface area contributed by atoms with Crippen molar-refractivity contribution in [3.05, 3.63) is 54.6 Å². The van der Waals surface area contributed by atoms with Gasteiger partial charge in [0.25, 0.3) is 0 Å². The van der Waals surface area contributed by atoms with Crippen LogP contribution in [0.3, 0.4) is 0 Å². The topological polar surface area (TPSA) is 12.0 Å². The Kier molecular flexibility index (Phi) is 4.37. The molecule has 0 heterocycles. The van der Waals surface area contributed by atoms with Gasteiger partial charge in [-0.2, -0.15) is 0 Å². The Balaban J connectivity index is 1.73. The maximum absolute atomic E-state index is 3.68. The number of rotatable bonds is 4. The number of anilines is 1. The van der Waals surface area contributed by atoms with Crippen LogP contribution in [-0.2, 0) is 0 Å². The minimum absolute atomic E-state index is 0.854. The third-order valence-corrected chi connectivity index (χ3v) is 4.32. The highest BCUT2D eigenvalue weighted by molar-refractivity contribution is 5.77. The molecule has 1 fully saturated rings. The predicted molar refractivity (Wildman–Crippen MR) is 86.9 cm³/mol. The van der Waals surface area contributed by atoms with Gasteiger partial charge < -0.3 is 5.32 Å². The molecule has 104 valence electrons. The van der Waals surface area contributed by atoms with Crippen molar-refractivity contribution >= 4 is 5.69 Å². The molecule has 0 aromatic heterocycles. The summed E-state index contributed by atoms with van der Waals surface area (Å²) in [4.78, 5) is 0. The average Bonchev–Trinajstić information content (AvgIpc) is 2.55. The van der Waals surface area contributed by atoms with E-state index < -0.39 is 0 Å². The van der Waals surface area contributed by atoms with Gasteiger partial charge >= 0.3 is 0 Å². The fraction of sp³-hybridized carbons (Fsp3) is 0.368. The first-order valence-corrected chi connectivity index (χ1v) is 7.82. The van der Waals surface area contributed by atoms with Crippen LogP contribution in [0.4, 0.5) is 5.69 Å². The van der Waals surface area contributed by atoms with Crippen LogP contribution in [0.2, 0.25) is 0 Å². The Morgan fingerprint density at radius 1 is 0.800 bits per heavy atom. The van der Waals surface area contributed by atoms with Gasteiger partial charge in [-0.1, -0.05) is 67.8 Å². The summed E-state index contributed by atoms with van der Waals surface area (Å²) >= 11 is 0. The van der Waals surface area contributed by atoms with Gasteiger partial charge in [-0.25, -0.2) is 0 Å². The molecule has 3 rings (SSSR count). The molecule has 1 aliphatic carbocycles. The zero-order chi connectivity index (χ0) is 13.6. The molecular formula is C19H23N. The van der Waals surface area contributed by atoms with E-state index >= 15 is 0 Å². The van der Waals surface area contributed by atoms with E-state index in [0.29, 0.717) is 0 Å². The van der Waals surface area contributed by atoms with Gasteiger partial charge in [0.05, 0.1) is 0 Å². The maximum Gasteiger partial charge on any atom is 0.0419 e. The fourth-order valence-corrected chi connectivity index (χ4v) is 3.15. The summed E-state index contributed by atoms with van der Waals surface area (Å²) in [6.07, 6.45) is 7.03. The Bertz CT molecular complexity index is 526. The molecule has 0 radical (unpaired) electrons. The van der Waals surface area contributed by atoms with Crippen molar-refractivity contribution in [1.82, 2.24) is 0 Å². The predicted octanol–water partition coefficient (Wildman–Crippen LogP) is 5.35. The highest BCUT2D eigenvalue weighted by Gasteiger charge is 2.13. The molecule has 1 nitrogen and oxygen atoms in total. The van der Waals surface area contributed by atoms with Gasteiger partial charge in [-0.15, -0.1) is 0 Å². The van der Waals surface area contributed by atoms with Crippen molar-refractivity contribution in [2.45, 2.75) is 32.1 Å².